The number of carbonyl (C=O) groups excluding carboxylic acids is 3. The first kappa shape index (κ1) is 35.5. The Kier molecular flexibility index (Phi) is 10.6. The molecule has 2 fully saturated rings. The molecule has 1 aliphatic carbocycles. The van der Waals surface area contributed by atoms with Gasteiger partial charge in [0.2, 0.25) is 11.8 Å². The van der Waals surface area contributed by atoms with Crippen LogP contribution < -0.4 is 21.1 Å². The summed E-state index contributed by atoms with van der Waals surface area (Å²) in [7, 11) is 0. The molecule has 11 nitrogen and oxygen atoms in total. The minimum Gasteiger partial charge on any atom is -0.489 e. The maximum atomic E-state index is 14.5. The second-order valence-corrected chi connectivity index (χ2v) is 14.5. The van der Waals surface area contributed by atoms with E-state index in [2.05, 4.69) is 22.2 Å². The first-order chi connectivity index (χ1) is 21.5. The van der Waals surface area contributed by atoms with E-state index in [1.807, 2.05) is 39.0 Å². The van der Waals surface area contributed by atoms with E-state index in [1.165, 1.54) is 16.2 Å². The number of alkyl halides is 1. The number of carbonyl (C=O) groups is 3. The molecular weight excluding hydrogens is 613 g/mol. The summed E-state index contributed by atoms with van der Waals surface area (Å²) in [4.78, 5) is 46.5. The van der Waals surface area contributed by atoms with Crippen LogP contribution in [0.25, 0.3) is 10.4 Å². The van der Waals surface area contributed by atoms with Crippen molar-refractivity contribution in [3.8, 4) is 16.2 Å². The van der Waals surface area contributed by atoms with E-state index in [4.69, 9.17) is 15.2 Å². The van der Waals surface area contributed by atoms with Crippen LogP contribution in [-0.4, -0.2) is 82.1 Å². The number of aliphatic hydroxyl groups excluding tert-OH is 1. The van der Waals surface area contributed by atoms with Crippen LogP contribution >= 0.6 is 11.3 Å². The summed E-state index contributed by atoms with van der Waals surface area (Å²) in [5.74, 6) is -1.32. The molecule has 0 bridgehead atoms. The molecule has 5 N–H and O–H groups in total. The Hall–Kier alpha value is -3.39. The van der Waals surface area contributed by atoms with Gasteiger partial charge in [-0.15, -0.1) is 11.3 Å². The second kappa shape index (κ2) is 13.8. The molecule has 3 atom stereocenters. The number of β-amino-alcohol motifs (C(OH)–C–C–N with tert-alkyl or cyclic N) is 1. The van der Waals surface area contributed by atoms with Crippen molar-refractivity contribution in [2.75, 3.05) is 19.9 Å². The molecule has 1 aliphatic heterocycles. The van der Waals surface area contributed by atoms with Crippen LogP contribution in [0.15, 0.2) is 35.9 Å². The van der Waals surface area contributed by atoms with Crippen molar-refractivity contribution >= 4 is 29.1 Å². The van der Waals surface area contributed by atoms with Crippen LogP contribution in [0, 0.1) is 12.3 Å². The van der Waals surface area contributed by atoms with E-state index in [-0.39, 0.29) is 45.7 Å². The zero-order chi connectivity index (χ0) is 34.0. The number of nitrogens with zero attached hydrogens (tertiary/aromatic N) is 2. The molecule has 1 saturated carbocycles. The third-order valence-electron chi connectivity index (χ3n) is 8.57. The highest BCUT2D eigenvalue weighted by atomic mass is 32.1. The fraction of sp³-hybridized carbons (Fsp3) is 0.576. The predicted molar refractivity (Wildman–Crippen MR) is 174 cm³/mol. The largest absolute Gasteiger partial charge is 0.489 e. The second-order valence-electron chi connectivity index (χ2n) is 13.7. The monoisotopic (exact) mass is 659 g/mol. The Balaban J connectivity index is 1.52. The molecule has 1 aromatic heterocycles. The molecule has 2 heterocycles. The van der Waals surface area contributed by atoms with E-state index < -0.39 is 52.6 Å². The third kappa shape index (κ3) is 8.11. The Morgan fingerprint density at radius 2 is 1.96 bits per heavy atom. The first-order valence-electron chi connectivity index (χ1n) is 15.4. The van der Waals surface area contributed by atoms with Crippen LogP contribution in [-0.2, 0) is 25.7 Å². The van der Waals surface area contributed by atoms with Crippen molar-refractivity contribution in [3.63, 3.8) is 0 Å². The Bertz CT molecular complexity index is 1470. The zero-order valence-corrected chi connectivity index (χ0v) is 28.3. The van der Waals surface area contributed by atoms with Gasteiger partial charge < -0.3 is 35.8 Å². The van der Waals surface area contributed by atoms with E-state index in [1.54, 1.807) is 26.3 Å². The predicted octanol–water partition coefficient (Wildman–Crippen LogP) is 3.38. The summed E-state index contributed by atoms with van der Waals surface area (Å²) in [5, 5.41) is 16.0. The molecule has 2 aliphatic rings. The van der Waals surface area contributed by atoms with Crippen LogP contribution in [0.1, 0.15) is 65.1 Å². The van der Waals surface area contributed by atoms with Gasteiger partial charge in [-0.2, -0.15) is 0 Å². The molecule has 0 spiro atoms. The number of benzene rings is 1. The standard InChI is InChI=1S/C33H46FN5O6S/c1-19(32(6,7)45-17-35)16-44-25-12-21(26-20(2)37-18-46-26)8-9-22(25)14-36-28(41)24-13-23(40)15-39(24)29(42)27(31(3,4)5)38-30(43)33(34)10-11-33/h8-9,12,18,23-24,27,40H,1,10-11,13-17,35H2,2-7H3,(H,36,41)(H,38,43)/t23-,24+,27-/m1/s1. The maximum Gasteiger partial charge on any atom is 0.258 e. The minimum atomic E-state index is -1.96. The molecule has 0 radical (unpaired) electrons. The number of hydrogen-bond acceptors (Lipinski definition) is 9. The normalized spacial score (nSPS) is 19.8. The van der Waals surface area contributed by atoms with Gasteiger partial charge in [0.25, 0.3) is 5.91 Å². The lowest BCUT2D eigenvalue weighted by Crippen LogP contribution is -2.59. The third-order valence-corrected chi connectivity index (χ3v) is 9.55. The van der Waals surface area contributed by atoms with Gasteiger partial charge in [0.15, 0.2) is 5.67 Å². The number of likely N-dealkylation sites (tertiary alicyclic amines) is 1. The molecule has 252 valence electrons. The molecule has 46 heavy (non-hydrogen) atoms. The highest BCUT2D eigenvalue weighted by Gasteiger charge is 2.53. The Morgan fingerprint density at radius 1 is 1.26 bits per heavy atom. The Labute approximate surface area is 273 Å². The van der Waals surface area contributed by atoms with Crippen LogP contribution in [0.3, 0.4) is 0 Å². The molecule has 1 saturated heterocycles. The Morgan fingerprint density at radius 3 is 2.54 bits per heavy atom. The number of rotatable bonds is 13. The van der Waals surface area contributed by atoms with Gasteiger partial charge in [0.05, 0.1) is 34.5 Å². The van der Waals surface area contributed by atoms with Gasteiger partial charge in [-0.3, -0.25) is 14.4 Å². The highest BCUT2D eigenvalue weighted by Crippen LogP contribution is 2.40. The average Bonchev–Trinajstić information content (AvgIpc) is 3.39. The van der Waals surface area contributed by atoms with Gasteiger partial charge in [-0.05, 0) is 56.2 Å². The zero-order valence-electron chi connectivity index (χ0n) is 27.4. The van der Waals surface area contributed by atoms with Gasteiger partial charge in [-0.25, -0.2) is 9.37 Å². The number of hydrogen-bond donors (Lipinski definition) is 4. The lowest BCUT2D eigenvalue weighted by Gasteiger charge is -2.35. The van der Waals surface area contributed by atoms with Gasteiger partial charge in [0, 0.05) is 25.1 Å². The first-order valence-corrected chi connectivity index (χ1v) is 16.3. The number of aliphatic hydroxyl groups is 1. The number of ether oxygens (including phenoxy) is 2. The number of amides is 3. The van der Waals surface area contributed by atoms with E-state index in [0.29, 0.717) is 16.9 Å². The summed E-state index contributed by atoms with van der Waals surface area (Å²) in [6.45, 7) is 15.2. The van der Waals surface area contributed by atoms with Gasteiger partial charge in [0.1, 0.15) is 24.4 Å². The van der Waals surface area contributed by atoms with Crippen LogP contribution in [0.2, 0.25) is 0 Å². The van der Waals surface area contributed by atoms with Crippen molar-refractivity contribution in [1.29, 1.82) is 0 Å². The number of thiazole rings is 1. The summed E-state index contributed by atoms with van der Waals surface area (Å²) < 4.78 is 26.3. The summed E-state index contributed by atoms with van der Waals surface area (Å²) in [6, 6.07) is 3.60. The van der Waals surface area contributed by atoms with E-state index in [9.17, 15) is 23.9 Å². The lowest BCUT2D eigenvalue weighted by molar-refractivity contribution is -0.145. The molecule has 4 rings (SSSR count). The molecule has 1 aromatic carbocycles. The molecule has 13 heteroatoms. The van der Waals surface area contributed by atoms with E-state index in [0.717, 1.165) is 16.1 Å². The van der Waals surface area contributed by atoms with Crippen LogP contribution in [0.5, 0.6) is 5.75 Å². The summed E-state index contributed by atoms with van der Waals surface area (Å²) in [5.41, 5.74) is 7.04. The fourth-order valence-corrected chi connectivity index (χ4v) is 6.02. The van der Waals surface area contributed by atoms with Crippen molar-refractivity contribution in [2.45, 2.75) is 96.8 Å². The maximum absolute atomic E-state index is 14.5. The number of halogens is 1. The lowest BCUT2D eigenvalue weighted by atomic mass is 9.85. The molecular formula is C33H46FN5O6S. The quantitative estimate of drug-likeness (QED) is 0.188. The smallest absolute Gasteiger partial charge is 0.258 e. The number of nitrogens with one attached hydrogen (secondary N) is 2. The van der Waals surface area contributed by atoms with Crippen molar-refractivity contribution < 1.29 is 33.4 Å². The summed E-state index contributed by atoms with van der Waals surface area (Å²) >= 11 is 1.51. The fourth-order valence-electron chi connectivity index (χ4n) is 5.22. The SMILES string of the molecule is C=C(COc1cc(-c2scnc2C)ccc1CNC(=O)[C@@H]1C[C@@H](O)CN1C(=O)[C@@H](NC(=O)C1(F)CC1)C(C)(C)C)C(C)(C)OCN. The van der Waals surface area contributed by atoms with Gasteiger partial charge in [-0.1, -0.05) is 39.5 Å². The number of aromatic nitrogens is 1. The minimum absolute atomic E-state index is 0.0261. The number of aryl methyl sites for hydroxylation is 1. The molecule has 0 unspecified atom stereocenters. The van der Waals surface area contributed by atoms with Crippen molar-refractivity contribution in [1.82, 2.24) is 20.5 Å². The average molecular weight is 660 g/mol. The number of nitrogens with two attached hydrogens (primary N) is 1. The van der Waals surface area contributed by atoms with Crippen molar-refractivity contribution in [2.24, 2.45) is 11.1 Å². The molecule has 2 aromatic rings. The van der Waals surface area contributed by atoms with Gasteiger partial charge >= 0.3 is 0 Å². The topological polar surface area (TPSA) is 156 Å². The summed E-state index contributed by atoms with van der Waals surface area (Å²) in [6.07, 6.45) is -0.682. The van der Waals surface area contributed by atoms with Crippen molar-refractivity contribution in [3.05, 3.63) is 47.1 Å². The highest BCUT2D eigenvalue weighted by molar-refractivity contribution is 7.13. The molecule has 3 amide bonds. The van der Waals surface area contributed by atoms with E-state index >= 15 is 0 Å². The van der Waals surface area contributed by atoms with Crippen LogP contribution in [0.4, 0.5) is 4.39 Å².